The monoisotopic (exact) mass is 297 g/mol. The maximum Gasteiger partial charge on any atom is 0.266 e. The zero-order valence-electron chi connectivity index (χ0n) is 12.0. The minimum atomic E-state index is -0.847. The van der Waals surface area contributed by atoms with E-state index in [1.807, 2.05) is 19.1 Å². The van der Waals surface area contributed by atoms with Crippen molar-refractivity contribution in [3.63, 3.8) is 0 Å². The summed E-state index contributed by atoms with van der Waals surface area (Å²) < 4.78 is 5.58. The number of pyridine rings is 1. The molecule has 112 valence electrons. The van der Waals surface area contributed by atoms with Gasteiger partial charge in [0.25, 0.3) is 5.91 Å². The minimum absolute atomic E-state index is 0.0736. The molecule has 0 radical (unpaired) electrons. The maximum atomic E-state index is 12.0. The van der Waals surface area contributed by atoms with Crippen LogP contribution < -0.4 is 15.4 Å². The van der Waals surface area contributed by atoms with Crippen molar-refractivity contribution in [2.45, 2.75) is 19.4 Å². The lowest BCUT2D eigenvalue weighted by molar-refractivity contribution is -0.128. The van der Waals surface area contributed by atoms with Crippen molar-refractivity contribution in [2.75, 3.05) is 10.6 Å². The number of hydrogen-bond acceptors (Lipinski definition) is 4. The quantitative estimate of drug-likeness (QED) is 0.909. The maximum absolute atomic E-state index is 12.0. The van der Waals surface area contributed by atoms with Crippen molar-refractivity contribution in [2.24, 2.45) is 0 Å². The number of ether oxygens (including phenoxy) is 1. The van der Waals surface area contributed by atoms with Crippen LogP contribution >= 0.6 is 0 Å². The van der Waals surface area contributed by atoms with Crippen LogP contribution in [0.4, 0.5) is 11.5 Å². The van der Waals surface area contributed by atoms with Crippen molar-refractivity contribution in [3.05, 3.63) is 48.2 Å². The predicted octanol–water partition coefficient (Wildman–Crippen LogP) is 2.12. The Morgan fingerprint density at radius 2 is 2.09 bits per heavy atom. The van der Waals surface area contributed by atoms with Crippen LogP contribution in [0.5, 0.6) is 5.75 Å². The minimum Gasteiger partial charge on any atom is -0.478 e. The number of amides is 2. The van der Waals surface area contributed by atoms with Gasteiger partial charge in [0.15, 0.2) is 6.10 Å². The average molecular weight is 297 g/mol. The van der Waals surface area contributed by atoms with E-state index in [-0.39, 0.29) is 18.2 Å². The number of para-hydroxylation sites is 2. The van der Waals surface area contributed by atoms with Gasteiger partial charge in [0, 0.05) is 5.69 Å². The van der Waals surface area contributed by atoms with E-state index in [4.69, 9.17) is 4.74 Å². The fraction of sp³-hybridized carbons (Fsp3) is 0.188. The molecule has 0 saturated heterocycles. The van der Waals surface area contributed by atoms with Gasteiger partial charge >= 0.3 is 0 Å². The molecule has 2 heterocycles. The summed E-state index contributed by atoms with van der Waals surface area (Å²) in [5, 5.41) is 5.39. The molecule has 1 atom stereocenters. The number of nitrogens with zero attached hydrogens (tertiary/aromatic N) is 1. The van der Waals surface area contributed by atoms with Crippen LogP contribution in [-0.4, -0.2) is 22.9 Å². The Morgan fingerprint density at radius 1 is 1.27 bits per heavy atom. The Labute approximate surface area is 127 Å². The molecule has 22 heavy (non-hydrogen) atoms. The average Bonchev–Trinajstić information content (AvgIpc) is 2.48. The molecule has 6 heteroatoms. The molecule has 0 spiro atoms. The van der Waals surface area contributed by atoms with Gasteiger partial charge in [-0.25, -0.2) is 4.98 Å². The van der Waals surface area contributed by atoms with Gasteiger partial charge in [0.1, 0.15) is 11.6 Å². The molecule has 1 aromatic heterocycles. The van der Waals surface area contributed by atoms with Crippen LogP contribution in [-0.2, 0) is 9.59 Å². The lowest BCUT2D eigenvalue weighted by Crippen LogP contribution is -2.39. The second-order valence-electron chi connectivity index (χ2n) is 5.01. The first-order chi connectivity index (χ1) is 10.6. The standard InChI is InChI=1S/C16H15N3O3/c1-10-5-4-8-14(17-10)19-15(20)9-13-16(21)18-11-6-2-3-7-12(11)22-13/h2-8,13H,9H2,1H3,(H,18,21)(H,17,19,20). The lowest BCUT2D eigenvalue weighted by atomic mass is 10.1. The zero-order valence-corrected chi connectivity index (χ0v) is 12.0. The van der Waals surface area contributed by atoms with E-state index in [1.54, 1.807) is 30.3 Å². The number of anilines is 2. The van der Waals surface area contributed by atoms with Gasteiger partial charge in [0.05, 0.1) is 12.1 Å². The molecule has 0 saturated carbocycles. The van der Waals surface area contributed by atoms with Crippen LogP contribution in [0.15, 0.2) is 42.5 Å². The molecule has 3 rings (SSSR count). The van der Waals surface area contributed by atoms with Gasteiger partial charge in [-0.1, -0.05) is 18.2 Å². The molecule has 2 amide bonds. The summed E-state index contributed by atoms with van der Waals surface area (Å²) in [6.45, 7) is 1.84. The van der Waals surface area contributed by atoms with Crippen LogP contribution in [0.1, 0.15) is 12.1 Å². The normalized spacial score (nSPS) is 16.2. The molecule has 2 N–H and O–H groups in total. The highest BCUT2D eigenvalue weighted by Crippen LogP contribution is 2.29. The van der Waals surface area contributed by atoms with Gasteiger partial charge in [0.2, 0.25) is 5.91 Å². The predicted molar refractivity (Wildman–Crippen MR) is 81.7 cm³/mol. The highest BCUT2D eigenvalue weighted by Gasteiger charge is 2.29. The Kier molecular flexibility index (Phi) is 3.74. The fourth-order valence-electron chi connectivity index (χ4n) is 2.20. The number of nitrogens with one attached hydrogen (secondary N) is 2. The first-order valence-electron chi connectivity index (χ1n) is 6.92. The number of rotatable bonds is 3. The van der Waals surface area contributed by atoms with Crippen LogP contribution in [0.3, 0.4) is 0 Å². The van der Waals surface area contributed by atoms with Gasteiger partial charge in [-0.3, -0.25) is 9.59 Å². The zero-order chi connectivity index (χ0) is 15.5. The Hall–Kier alpha value is -2.89. The van der Waals surface area contributed by atoms with E-state index in [1.165, 1.54) is 0 Å². The molecule has 0 fully saturated rings. The Balaban J connectivity index is 1.66. The lowest BCUT2D eigenvalue weighted by Gasteiger charge is -2.25. The number of carbonyl (C=O) groups is 2. The van der Waals surface area contributed by atoms with Crippen molar-refractivity contribution >= 4 is 23.3 Å². The van der Waals surface area contributed by atoms with Crippen molar-refractivity contribution in [1.82, 2.24) is 4.98 Å². The third-order valence-corrected chi connectivity index (χ3v) is 3.23. The van der Waals surface area contributed by atoms with E-state index in [2.05, 4.69) is 15.6 Å². The molecule has 1 aromatic carbocycles. The van der Waals surface area contributed by atoms with E-state index in [9.17, 15) is 9.59 Å². The summed E-state index contributed by atoms with van der Waals surface area (Å²) in [6, 6.07) is 12.5. The molecule has 1 unspecified atom stereocenters. The third kappa shape index (κ3) is 3.06. The van der Waals surface area contributed by atoms with Gasteiger partial charge in [-0.05, 0) is 31.2 Å². The van der Waals surface area contributed by atoms with Gasteiger partial charge in [-0.15, -0.1) is 0 Å². The highest BCUT2D eigenvalue weighted by molar-refractivity contribution is 6.01. The largest absolute Gasteiger partial charge is 0.478 e. The SMILES string of the molecule is Cc1cccc(NC(=O)CC2Oc3ccccc3NC2=O)n1. The van der Waals surface area contributed by atoms with Gasteiger partial charge < -0.3 is 15.4 Å². The molecule has 0 bridgehead atoms. The van der Waals surface area contributed by atoms with E-state index < -0.39 is 6.10 Å². The summed E-state index contributed by atoms with van der Waals surface area (Å²) in [5.41, 5.74) is 1.42. The van der Waals surface area contributed by atoms with Crippen molar-refractivity contribution in [1.29, 1.82) is 0 Å². The summed E-state index contributed by atoms with van der Waals surface area (Å²) >= 11 is 0. The summed E-state index contributed by atoms with van der Waals surface area (Å²) in [5.74, 6) is 0.374. The van der Waals surface area contributed by atoms with E-state index in [0.717, 1.165) is 5.69 Å². The molecular formula is C16H15N3O3. The number of benzene rings is 1. The van der Waals surface area contributed by atoms with Crippen LogP contribution in [0, 0.1) is 6.92 Å². The second kappa shape index (κ2) is 5.85. The van der Waals surface area contributed by atoms with E-state index >= 15 is 0 Å². The fourth-order valence-corrected chi connectivity index (χ4v) is 2.20. The molecule has 6 nitrogen and oxygen atoms in total. The molecule has 1 aliphatic rings. The van der Waals surface area contributed by atoms with Crippen molar-refractivity contribution in [3.8, 4) is 5.75 Å². The number of fused-ring (bicyclic) bond motifs is 1. The number of carbonyl (C=O) groups excluding carboxylic acids is 2. The smallest absolute Gasteiger partial charge is 0.266 e. The number of aromatic nitrogens is 1. The Morgan fingerprint density at radius 3 is 2.91 bits per heavy atom. The Bertz CT molecular complexity index is 730. The highest BCUT2D eigenvalue weighted by atomic mass is 16.5. The number of hydrogen-bond donors (Lipinski definition) is 2. The second-order valence-corrected chi connectivity index (χ2v) is 5.01. The third-order valence-electron chi connectivity index (χ3n) is 3.23. The first-order valence-corrected chi connectivity index (χ1v) is 6.92. The van der Waals surface area contributed by atoms with Crippen LogP contribution in [0.2, 0.25) is 0 Å². The summed E-state index contributed by atoms with van der Waals surface area (Å²) in [6.07, 6.45) is -0.921. The van der Waals surface area contributed by atoms with Crippen LogP contribution in [0.25, 0.3) is 0 Å². The molecule has 2 aromatic rings. The first kappa shape index (κ1) is 14.1. The molecule has 1 aliphatic heterocycles. The summed E-state index contributed by atoms with van der Waals surface area (Å²) in [7, 11) is 0. The van der Waals surface area contributed by atoms with Crippen molar-refractivity contribution < 1.29 is 14.3 Å². The summed E-state index contributed by atoms with van der Waals surface area (Å²) in [4.78, 5) is 28.2. The van der Waals surface area contributed by atoms with E-state index in [0.29, 0.717) is 17.3 Å². The van der Waals surface area contributed by atoms with Gasteiger partial charge in [-0.2, -0.15) is 0 Å². The molecule has 0 aliphatic carbocycles. The molecular weight excluding hydrogens is 282 g/mol. The number of aryl methyl sites for hydroxylation is 1. The topological polar surface area (TPSA) is 80.3 Å².